The minimum atomic E-state index is -0.322. The molecule has 1 aromatic heterocycles. The number of rotatable bonds is 8. The Kier molecular flexibility index (Phi) is 6.89. The van der Waals surface area contributed by atoms with Crippen molar-refractivity contribution in [1.82, 2.24) is 0 Å². The molecule has 0 saturated carbocycles. The first-order chi connectivity index (χ1) is 15.2. The van der Waals surface area contributed by atoms with E-state index in [1.165, 1.54) is 37.9 Å². The molecule has 4 rings (SSSR count). The summed E-state index contributed by atoms with van der Waals surface area (Å²) in [6.07, 6.45) is 3.90. The highest BCUT2D eigenvalue weighted by molar-refractivity contribution is 5.81. The van der Waals surface area contributed by atoms with Crippen LogP contribution in [0.3, 0.4) is 0 Å². The number of benzene rings is 2. The number of likely N-dealkylation sites (tertiary alicyclic amines) is 1. The topological polar surface area (TPSA) is 69.7 Å². The van der Waals surface area contributed by atoms with Crippen LogP contribution in [0, 0.1) is 0 Å². The summed E-state index contributed by atoms with van der Waals surface area (Å²) in [6.45, 7) is 4.11. The highest BCUT2D eigenvalue weighted by Crippen LogP contribution is 2.22. The lowest BCUT2D eigenvalue weighted by Crippen LogP contribution is -3.15. The van der Waals surface area contributed by atoms with E-state index in [-0.39, 0.29) is 5.63 Å². The van der Waals surface area contributed by atoms with Crippen LogP contribution in [0.1, 0.15) is 36.4 Å². The number of hydrogen-bond donors (Lipinski definition) is 2. The molecular weight excluding hydrogens is 392 g/mol. The van der Waals surface area contributed by atoms with E-state index < -0.39 is 0 Å². The van der Waals surface area contributed by atoms with E-state index in [9.17, 15) is 4.79 Å². The number of ether oxygens (including phenoxy) is 2. The quantitative estimate of drug-likeness (QED) is 0.540. The first-order valence-corrected chi connectivity index (χ1v) is 11.1. The zero-order valence-electron chi connectivity index (χ0n) is 18.4. The summed E-state index contributed by atoms with van der Waals surface area (Å²) < 4.78 is 16.0. The van der Waals surface area contributed by atoms with Crippen molar-refractivity contribution in [3.8, 4) is 11.5 Å². The number of nitrogens with two attached hydrogens (primary N) is 1. The van der Waals surface area contributed by atoms with Gasteiger partial charge in [0.2, 0.25) is 0 Å². The van der Waals surface area contributed by atoms with Crippen LogP contribution in [0.4, 0.5) is 0 Å². The standard InChI is InChI=1S/C25H30N2O4/c1-29-20-8-6-18(7-9-20)23(27-12-4-3-5-13-27)17-26-16-19-14-25(28)31-24-15-21(30-2)10-11-22(19)24/h6-11,14-15,23,26H,3-5,12-13,16-17H2,1-2H3/p+2/t23-/m0/s1. The fourth-order valence-electron chi connectivity index (χ4n) is 4.64. The highest BCUT2D eigenvalue weighted by atomic mass is 16.5. The third-order valence-electron chi connectivity index (χ3n) is 6.31. The van der Waals surface area contributed by atoms with Crippen molar-refractivity contribution >= 4 is 11.0 Å². The zero-order chi connectivity index (χ0) is 21.6. The molecular formula is C25H32N2O4+2. The molecule has 164 valence electrons. The molecule has 1 atom stereocenters. The molecule has 3 N–H and O–H groups in total. The van der Waals surface area contributed by atoms with Gasteiger partial charge < -0.3 is 24.1 Å². The molecule has 0 unspecified atom stereocenters. The lowest BCUT2D eigenvalue weighted by Gasteiger charge is -2.31. The second-order valence-corrected chi connectivity index (χ2v) is 8.23. The Morgan fingerprint density at radius 2 is 1.68 bits per heavy atom. The second-order valence-electron chi connectivity index (χ2n) is 8.23. The van der Waals surface area contributed by atoms with E-state index in [0.29, 0.717) is 17.4 Å². The first kappa shape index (κ1) is 21.4. The Hall–Kier alpha value is -2.83. The molecule has 0 spiro atoms. The Labute approximate surface area is 182 Å². The number of nitrogens with one attached hydrogen (secondary N) is 1. The van der Waals surface area contributed by atoms with Crippen molar-refractivity contribution in [1.29, 1.82) is 0 Å². The predicted octanol–water partition coefficient (Wildman–Crippen LogP) is 1.68. The van der Waals surface area contributed by atoms with Gasteiger partial charge in [0.1, 0.15) is 30.2 Å². The summed E-state index contributed by atoms with van der Waals surface area (Å²) in [5.41, 5.74) is 2.59. The summed E-state index contributed by atoms with van der Waals surface area (Å²) in [5.74, 6) is 1.57. The van der Waals surface area contributed by atoms with Crippen LogP contribution in [0.25, 0.3) is 11.0 Å². The fraction of sp³-hybridized carbons (Fsp3) is 0.400. The minimum absolute atomic E-state index is 0.322. The third kappa shape index (κ3) is 5.09. The molecule has 31 heavy (non-hydrogen) atoms. The van der Waals surface area contributed by atoms with Crippen molar-refractivity contribution in [3.63, 3.8) is 0 Å². The summed E-state index contributed by atoms with van der Waals surface area (Å²) in [4.78, 5) is 13.7. The summed E-state index contributed by atoms with van der Waals surface area (Å²) in [5, 5.41) is 3.28. The van der Waals surface area contributed by atoms with Crippen LogP contribution in [-0.4, -0.2) is 33.9 Å². The van der Waals surface area contributed by atoms with Crippen molar-refractivity contribution in [2.24, 2.45) is 0 Å². The van der Waals surface area contributed by atoms with Gasteiger partial charge in [-0.3, -0.25) is 0 Å². The van der Waals surface area contributed by atoms with E-state index in [1.807, 2.05) is 12.1 Å². The van der Waals surface area contributed by atoms with Crippen LogP contribution in [0.5, 0.6) is 11.5 Å². The van der Waals surface area contributed by atoms with E-state index in [0.717, 1.165) is 29.8 Å². The van der Waals surface area contributed by atoms with E-state index in [4.69, 9.17) is 13.9 Å². The number of methoxy groups -OCH3 is 2. The maximum atomic E-state index is 12.1. The largest absolute Gasteiger partial charge is 0.497 e. The van der Waals surface area contributed by atoms with Gasteiger partial charge in [-0.1, -0.05) is 0 Å². The molecule has 1 fully saturated rings. The molecule has 1 aliphatic rings. The monoisotopic (exact) mass is 424 g/mol. The van der Waals surface area contributed by atoms with E-state index in [1.54, 1.807) is 31.3 Å². The van der Waals surface area contributed by atoms with Gasteiger partial charge >= 0.3 is 5.63 Å². The molecule has 0 bridgehead atoms. The van der Waals surface area contributed by atoms with Crippen LogP contribution in [0.15, 0.2) is 57.7 Å². The Balaban J connectivity index is 1.52. The number of piperidine rings is 1. The fourth-order valence-corrected chi connectivity index (χ4v) is 4.64. The molecule has 1 saturated heterocycles. The number of hydrogen-bond acceptors (Lipinski definition) is 4. The molecule has 0 radical (unpaired) electrons. The molecule has 1 aliphatic heterocycles. The molecule has 2 heterocycles. The Morgan fingerprint density at radius 3 is 2.39 bits per heavy atom. The Bertz CT molecular complexity index is 1060. The SMILES string of the molecule is COc1ccc([C@H](C[NH2+]Cc2cc(=O)oc3cc(OC)ccc23)[NH+]2CCCCC2)cc1. The Morgan fingerprint density at radius 1 is 0.968 bits per heavy atom. The van der Waals surface area contributed by atoms with Gasteiger partial charge in [-0.2, -0.15) is 0 Å². The third-order valence-corrected chi connectivity index (χ3v) is 6.31. The summed E-state index contributed by atoms with van der Waals surface area (Å²) in [7, 11) is 3.31. The number of quaternary nitrogens is 2. The zero-order valence-corrected chi connectivity index (χ0v) is 18.4. The first-order valence-electron chi connectivity index (χ1n) is 11.1. The van der Waals surface area contributed by atoms with Crippen molar-refractivity contribution in [3.05, 3.63) is 70.1 Å². The molecule has 6 heteroatoms. The highest BCUT2D eigenvalue weighted by Gasteiger charge is 2.27. The number of fused-ring (bicyclic) bond motifs is 1. The van der Waals surface area contributed by atoms with Gasteiger partial charge in [-0.15, -0.1) is 0 Å². The van der Waals surface area contributed by atoms with E-state index in [2.05, 4.69) is 29.6 Å². The molecule has 6 nitrogen and oxygen atoms in total. The lowest BCUT2D eigenvalue weighted by atomic mass is 10.0. The van der Waals surface area contributed by atoms with Gasteiger partial charge in [-0.05, 0) is 55.7 Å². The summed E-state index contributed by atoms with van der Waals surface area (Å²) in [6, 6.07) is 16.2. The van der Waals surface area contributed by atoms with Crippen molar-refractivity contribution in [2.75, 3.05) is 33.9 Å². The van der Waals surface area contributed by atoms with Gasteiger partial charge in [0.05, 0.1) is 27.3 Å². The van der Waals surface area contributed by atoms with Crippen LogP contribution in [0.2, 0.25) is 0 Å². The van der Waals surface area contributed by atoms with Crippen molar-refractivity contribution in [2.45, 2.75) is 31.8 Å². The van der Waals surface area contributed by atoms with Crippen LogP contribution in [-0.2, 0) is 6.54 Å². The molecule has 3 aromatic rings. The van der Waals surface area contributed by atoms with E-state index >= 15 is 0 Å². The van der Waals surface area contributed by atoms with Gasteiger partial charge in [0.25, 0.3) is 0 Å². The van der Waals surface area contributed by atoms with Gasteiger partial charge in [0.15, 0.2) is 6.04 Å². The van der Waals surface area contributed by atoms with Crippen LogP contribution < -0.4 is 25.3 Å². The average Bonchev–Trinajstić information content (AvgIpc) is 2.82. The van der Waals surface area contributed by atoms with Crippen LogP contribution >= 0.6 is 0 Å². The second kappa shape index (κ2) is 9.98. The average molecular weight is 425 g/mol. The van der Waals surface area contributed by atoms with Gasteiger partial charge in [0, 0.05) is 28.6 Å². The smallest absolute Gasteiger partial charge is 0.336 e. The summed E-state index contributed by atoms with van der Waals surface area (Å²) >= 11 is 0. The molecule has 2 aromatic carbocycles. The molecule has 0 amide bonds. The minimum Gasteiger partial charge on any atom is -0.497 e. The molecule has 0 aliphatic carbocycles. The van der Waals surface area contributed by atoms with Gasteiger partial charge in [-0.25, -0.2) is 4.79 Å². The van der Waals surface area contributed by atoms with Crippen molar-refractivity contribution < 1.29 is 24.1 Å². The predicted molar refractivity (Wildman–Crippen MR) is 120 cm³/mol. The maximum Gasteiger partial charge on any atom is 0.336 e. The lowest BCUT2D eigenvalue weighted by molar-refractivity contribution is -0.950. The normalized spacial score (nSPS) is 15.7. The maximum absolute atomic E-state index is 12.1.